The molecule has 0 aromatic carbocycles. The van der Waals surface area contributed by atoms with Gasteiger partial charge in [-0.2, -0.15) is 0 Å². The highest BCUT2D eigenvalue weighted by Crippen LogP contribution is 2.27. The van der Waals surface area contributed by atoms with Gasteiger partial charge in [0.15, 0.2) is 0 Å². The zero-order valence-corrected chi connectivity index (χ0v) is 7.86. The van der Waals surface area contributed by atoms with Crippen molar-refractivity contribution >= 4 is 12.0 Å². The molecule has 0 unspecified atom stereocenters. The van der Waals surface area contributed by atoms with Crippen LogP contribution in [0.25, 0.3) is 0 Å². The number of carboxylic acid groups (broad SMARTS) is 1. The van der Waals surface area contributed by atoms with Gasteiger partial charge in [-0.05, 0) is 12.8 Å². The van der Waals surface area contributed by atoms with Crippen LogP contribution >= 0.6 is 0 Å². The number of urea groups is 1. The summed E-state index contributed by atoms with van der Waals surface area (Å²) >= 11 is 0. The summed E-state index contributed by atoms with van der Waals surface area (Å²) in [7, 11) is 3.25. The molecule has 2 amide bonds. The molecule has 0 radical (unpaired) electrons. The van der Waals surface area contributed by atoms with E-state index in [1.807, 2.05) is 0 Å². The van der Waals surface area contributed by atoms with Crippen molar-refractivity contribution in [2.75, 3.05) is 20.6 Å². The fraction of sp³-hybridized carbons (Fsp3) is 0.750. The zero-order chi connectivity index (χ0) is 10.0. The van der Waals surface area contributed by atoms with Crippen molar-refractivity contribution in [3.05, 3.63) is 0 Å². The van der Waals surface area contributed by atoms with Crippen molar-refractivity contribution in [2.24, 2.45) is 0 Å². The molecule has 0 aromatic heterocycles. The minimum absolute atomic E-state index is 0.144. The van der Waals surface area contributed by atoms with E-state index in [0.717, 1.165) is 12.8 Å². The molecule has 5 nitrogen and oxygen atoms in total. The van der Waals surface area contributed by atoms with Crippen LogP contribution in [0.3, 0.4) is 0 Å². The molecule has 1 saturated carbocycles. The lowest BCUT2D eigenvalue weighted by atomic mass is 10.5. The van der Waals surface area contributed by atoms with Gasteiger partial charge in [-0.3, -0.25) is 4.79 Å². The summed E-state index contributed by atoms with van der Waals surface area (Å²) in [5.74, 6) is -0.956. The van der Waals surface area contributed by atoms with Gasteiger partial charge in [-0.25, -0.2) is 4.79 Å². The van der Waals surface area contributed by atoms with Crippen LogP contribution in [0.1, 0.15) is 12.8 Å². The highest BCUT2D eigenvalue weighted by molar-refractivity contribution is 5.80. The van der Waals surface area contributed by atoms with Crippen LogP contribution in [0.4, 0.5) is 4.79 Å². The Morgan fingerprint density at radius 1 is 1.38 bits per heavy atom. The predicted octanol–water partition coefficient (Wildman–Crippen LogP) is 0.217. The molecule has 0 atom stereocenters. The zero-order valence-electron chi connectivity index (χ0n) is 7.86. The number of nitrogens with zero attached hydrogens (tertiary/aromatic N) is 2. The molecule has 1 fully saturated rings. The first-order chi connectivity index (χ1) is 6.02. The van der Waals surface area contributed by atoms with Crippen molar-refractivity contribution in [3.63, 3.8) is 0 Å². The normalized spacial score (nSPS) is 15.2. The van der Waals surface area contributed by atoms with Gasteiger partial charge in [0.05, 0.1) is 0 Å². The van der Waals surface area contributed by atoms with Crippen molar-refractivity contribution in [1.29, 1.82) is 0 Å². The SMILES string of the molecule is CN(C)C(=O)N(CC(=O)O)C1CC1. The quantitative estimate of drug-likeness (QED) is 0.685. The van der Waals surface area contributed by atoms with Gasteiger partial charge in [0.1, 0.15) is 6.54 Å². The fourth-order valence-electron chi connectivity index (χ4n) is 1.14. The number of amides is 2. The van der Waals surface area contributed by atoms with Crippen molar-refractivity contribution in [2.45, 2.75) is 18.9 Å². The van der Waals surface area contributed by atoms with E-state index < -0.39 is 5.97 Å². The molecule has 1 rings (SSSR count). The average Bonchev–Trinajstić information content (AvgIpc) is 2.80. The first-order valence-electron chi connectivity index (χ1n) is 4.22. The summed E-state index contributed by atoms with van der Waals surface area (Å²) in [6.07, 6.45) is 1.85. The third kappa shape index (κ3) is 2.61. The van der Waals surface area contributed by atoms with Crippen LogP contribution in [-0.4, -0.2) is 53.6 Å². The van der Waals surface area contributed by atoms with Gasteiger partial charge in [-0.1, -0.05) is 0 Å². The molecule has 0 saturated heterocycles. The molecule has 1 aliphatic carbocycles. The second kappa shape index (κ2) is 3.64. The van der Waals surface area contributed by atoms with Gasteiger partial charge in [0, 0.05) is 20.1 Å². The van der Waals surface area contributed by atoms with Crippen LogP contribution < -0.4 is 0 Å². The summed E-state index contributed by atoms with van der Waals surface area (Å²) in [6, 6.07) is -0.0732. The second-order valence-electron chi connectivity index (χ2n) is 3.43. The van der Waals surface area contributed by atoms with E-state index in [1.165, 1.54) is 9.80 Å². The van der Waals surface area contributed by atoms with E-state index in [-0.39, 0.29) is 18.6 Å². The molecule has 13 heavy (non-hydrogen) atoms. The van der Waals surface area contributed by atoms with Gasteiger partial charge < -0.3 is 14.9 Å². The minimum Gasteiger partial charge on any atom is -0.480 e. The summed E-state index contributed by atoms with van der Waals surface area (Å²) in [5.41, 5.74) is 0. The third-order valence-corrected chi connectivity index (χ3v) is 1.92. The molecule has 0 aromatic rings. The van der Waals surface area contributed by atoms with Crippen molar-refractivity contribution < 1.29 is 14.7 Å². The van der Waals surface area contributed by atoms with E-state index in [1.54, 1.807) is 14.1 Å². The highest BCUT2D eigenvalue weighted by atomic mass is 16.4. The fourth-order valence-corrected chi connectivity index (χ4v) is 1.14. The maximum Gasteiger partial charge on any atom is 0.323 e. The van der Waals surface area contributed by atoms with Crippen LogP contribution in [0.5, 0.6) is 0 Å². The summed E-state index contributed by atoms with van der Waals surface area (Å²) in [6.45, 7) is -0.193. The smallest absolute Gasteiger partial charge is 0.323 e. The molecular weight excluding hydrogens is 172 g/mol. The Labute approximate surface area is 76.9 Å². The van der Waals surface area contributed by atoms with Crippen LogP contribution in [0.2, 0.25) is 0 Å². The van der Waals surface area contributed by atoms with Crippen molar-refractivity contribution in [3.8, 4) is 0 Å². The number of carboxylic acids is 1. The topological polar surface area (TPSA) is 60.9 Å². The third-order valence-electron chi connectivity index (χ3n) is 1.92. The summed E-state index contributed by atoms with van der Waals surface area (Å²) in [5, 5.41) is 8.58. The number of rotatable bonds is 3. The largest absolute Gasteiger partial charge is 0.480 e. The first-order valence-corrected chi connectivity index (χ1v) is 4.22. The average molecular weight is 186 g/mol. The molecule has 1 aliphatic rings. The Hall–Kier alpha value is -1.26. The number of aliphatic carboxylic acids is 1. The van der Waals surface area contributed by atoms with Crippen LogP contribution in [0.15, 0.2) is 0 Å². The lowest BCUT2D eigenvalue weighted by Crippen LogP contribution is -2.43. The maximum atomic E-state index is 11.4. The van der Waals surface area contributed by atoms with E-state index >= 15 is 0 Å². The highest BCUT2D eigenvalue weighted by Gasteiger charge is 2.34. The summed E-state index contributed by atoms with van der Waals surface area (Å²) < 4.78 is 0. The van der Waals surface area contributed by atoms with Gasteiger partial charge >= 0.3 is 12.0 Å². The lowest BCUT2D eigenvalue weighted by Gasteiger charge is -2.24. The molecule has 0 heterocycles. The molecule has 0 spiro atoms. The van der Waals surface area contributed by atoms with E-state index in [4.69, 9.17) is 5.11 Å². The van der Waals surface area contributed by atoms with Gasteiger partial charge in [0.2, 0.25) is 0 Å². The van der Waals surface area contributed by atoms with E-state index in [2.05, 4.69) is 0 Å². The minimum atomic E-state index is -0.956. The van der Waals surface area contributed by atoms with Crippen LogP contribution in [0, 0.1) is 0 Å². The number of hydrogen-bond donors (Lipinski definition) is 1. The predicted molar refractivity (Wildman–Crippen MR) is 46.4 cm³/mol. The first kappa shape index (κ1) is 9.83. The maximum absolute atomic E-state index is 11.4. The summed E-state index contributed by atoms with van der Waals surface area (Å²) in [4.78, 5) is 24.7. The number of hydrogen-bond acceptors (Lipinski definition) is 2. The number of carbonyl (C=O) groups is 2. The monoisotopic (exact) mass is 186 g/mol. The molecule has 74 valence electrons. The molecule has 0 bridgehead atoms. The second-order valence-corrected chi connectivity index (χ2v) is 3.43. The standard InChI is InChI=1S/C8H14N2O3/c1-9(2)8(13)10(5-7(11)12)6-3-4-6/h6H,3-5H2,1-2H3,(H,11,12). The number of carbonyl (C=O) groups excluding carboxylic acids is 1. The Kier molecular flexibility index (Phi) is 2.75. The van der Waals surface area contributed by atoms with Crippen molar-refractivity contribution in [1.82, 2.24) is 9.80 Å². The van der Waals surface area contributed by atoms with E-state index in [0.29, 0.717) is 0 Å². The molecule has 0 aliphatic heterocycles. The molecular formula is C8H14N2O3. The van der Waals surface area contributed by atoms with Gasteiger partial charge in [-0.15, -0.1) is 0 Å². The molecule has 1 N–H and O–H groups in total. The Bertz CT molecular complexity index is 223. The molecule has 5 heteroatoms. The van der Waals surface area contributed by atoms with E-state index in [9.17, 15) is 9.59 Å². The Morgan fingerprint density at radius 3 is 2.23 bits per heavy atom. The van der Waals surface area contributed by atoms with Gasteiger partial charge in [0.25, 0.3) is 0 Å². The Balaban J connectivity index is 2.56. The lowest BCUT2D eigenvalue weighted by molar-refractivity contribution is -0.137. The van der Waals surface area contributed by atoms with Crippen LogP contribution in [-0.2, 0) is 4.79 Å². The Morgan fingerprint density at radius 2 is 1.92 bits per heavy atom.